The van der Waals surface area contributed by atoms with Crippen molar-refractivity contribution in [1.29, 1.82) is 0 Å². The molecule has 0 N–H and O–H groups in total. The Hall–Kier alpha value is -1.12. The summed E-state index contributed by atoms with van der Waals surface area (Å²) in [5.74, 6) is 1.05. The molecule has 0 bridgehead atoms. The first-order chi connectivity index (χ1) is 8.43. The summed E-state index contributed by atoms with van der Waals surface area (Å²) in [5, 5.41) is 0. The summed E-state index contributed by atoms with van der Waals surface area (Å²) in [5.41, 5.74) is 0.309. The number of ketones is 1. The first kappa shape index (κ1) is 11.9. The summed E-state index contributed by atoms with van der Waals surface area (Å²) in [4.78, 5) is 23.9. The highest BCUT2D eigenvalue weighted by atomic mass is 16.6. The Morgan fingerprint density at radius 1 is 1.39 bits per heavy atom. The number of hydrogen-bond acceptors (Lipinski definition) is 3. The molecule has 3 rings (SSSR count). The van der Waals surface area contributed by atoms with Gasteiger partial charge in [0, 0.05) is 23.3 Å². The molecule has 0 aromatic carbocycles. The average molecular weight is 248 g/mol. The van der Waals surface area contributed by atoms with Crippen LogP contribution >= 0.6 is 0 Å². The smallest absolute Gasteiger partial charge is 0.334 e. The number of carbonyl (C=O) groups is 2. The molecule has 0 radical (unpaired) electrons. The first-order valence-electron chi connectivity index (χ1n) is 6.86. The molecule has 98 valence electrons. The predicted molar refractivity (Wildman–Crippen MR) is 66.7 cm³/mol. The first-order valence-corrected chi connectivity index (χ1v) is 6.86. The van der Waals surface area contributed by atoms with Crippen LogP contribution < -0.4 is 0 Å². The van der Waals surface area contributed by atoms with Gasteiger partial charge < -0.3 is 4.74 Å². The summed E-state index contributed by atoms with van der Waals surface area (Å²) in [7, 11) is 0. The molecule has 3 heteroatoms. The molecule has 1 aliphatic heterocycles. The molecular weight excluding hydrogens is 228 g/mol. The average Bonchev–Trinajstić information content (AvgIpc) is 2.69. The minimum Gasteiger partial charge on any atom is -0.458 e. The van der Waals surface area contributed by atoms with Crippen LogP contribution in [0.15, 0.2) is 12.2 Å². The van der Waals surface area contributed by atoms with Gasteiger partial charge in [-0.25, -0.2) is 4.79 Å². The van der Waals surface area contributed by atoms with Crippen molar-refractivity contribution in [3.63, 3.8) is 0 Å². The highest BCUT2D eigenvalue weighted by molar-refractivity contribution is 5.92. The largest absolute Gasteiger partial charge is 0.458 e. The van der Waals surface area contributed by atoms with Crippen molar-refractivity contribution >= 4 is 11.8 Å². The maximum absolute atomic E-state index is 12.2. The van der Waals surface area contributed by atoms with Gasteiger partial charge in [-0.1, -0.05) is 20.4 Å². The van der Waals surface area contributed by atoms with E-state index in [1.54, 1.807) is 0 Å². The SMILES string of the molecule is C=C1C(=O)O[C@@H]2C[C@H](C)[C@@H]3CCC(=O)[C@]3(C)C[C@H]12. The molecule has 3 fully saturated rings. The third-order valence-electron chi connectivity index (χ3n) is 5.49. The predicted octanol–water partition coefficient (Wildman–Crippen LogP) is 2.50. The Balaban J connectivity index is 1.98. The highest BCUT2D eigenvalue weighted by Gasteiger charge is 2.55. The topological polar surface area (TPSA) is 43.4 Å². The molecule has 0 aromatic heterocycles. The second-order valence-corrected chi connectivity index (χ2v) is 6.48. The lowest BCUT2D eigenvalue weighted by atomic mass is 9.70. The van der Waals surface area contributed by atoms with Crippen molar-refractivity contribution in [3.8, 4) is 0 Å². The van der Waals surface area contributed by atoms with Crippen LogP contribution in [-0.4, -0.2) is 17.9 Å². The molecule has 2 saturated carbocycles. The van der Waals surface area contributed by atoms with Crippen LogP contribution in [0.25, 0.3) is 0 Å². The van der Waals surface area contributed by atoms with Crippen molar-refractivity contribution < 1.29 is 14.3 Å². The van der Waals surface area contributed by atoms with Gasteiger partial charge >= 0.3 is 5.97 Å². The van der Waals surface area contributed by atoms with Gasteiger partial charge in [-0.3, -0.25) is 4.79 Å². The molecule has 18 heavy (non-hydrogen) atoms. The summed E-state index contributed by atoms with van der Waals surface area (Å²) in [6.45, 7) is 8.15. The van der Waals surface area contributed by atoms with Gasteiger partial charge in [0.1, 0.15) is 11.9 Å². The number of rotatable bonds is 0. The molecule has 0 aromatic rings. The van der Waals surface area contributed by atoms with Crippen molar-refractivity contribution in [2.24, 2.45) is 23.2 Å². The van der Waals surface area contributed by atoms with Gasteiger partial charge in [0.15, 0.2) is 0 Å². The number of fused-ring (bicyclic) bond motifs is 2. The summed E-state index contributed by atoms with van der Waals surface area (Å²) in [6, 6.07) is 0. The van der Waals surface area contributed by atoms with Crippen LogP contribution in [0.4, 0.5) is 0 Å². The molecule has 3 nitrogen and oxygen atoms in total. The monoisotopic (exact) mass is 248 g/mol. The van der Waals surface area contributed by atoms with Crippen LogP contribution in [0.2, 0.25) is 0 Å². The molecule has 2 aliphatic carbocycles. The molecule has 0 amide bonds. The van der Waals surface area contributed by atoms with Crippen molar-refractivity contribution in [1.82, 2.24) is 0 Å². The Morgan fingerprint density at radius 2 is 2.11 bits per heavy atom. The molecule has 1 heterocycles. The van der Waals surface area contributed by atoms with E-state index in [9.17, 15) is 9.59 Å². The Kier molecular flexibility index (Phi) is 2.45. The lowest BCUT2D eigenvalue weighted by molar-refractivity contribution is -0.139. The van der Waals surface area contributed by atoms with Crippen LogP contribution in [0, 0.1) is 23.2 Å². The second-order valence-electron chi connectivity index (χ2n) is 6.48. The van der Waals surface area contributed by atoms with E-state index < -0.39 is 0 Å². The van der Waals surface area contributed by atoms with Gasteiger partial charge in [0.2, 0.25) is 0 Å². The fourth-order valence-electron chi connectivity index (χ4n) is 4.40. The van der Waals surface area contributed by atoms with E-state index in [2.05, 4.69) is 20.4 Å². The maximum atomic E-state index is 12.2. The number of carbonyl (C=O) groups excluding carboxylic acids is 2. The van der Waals surface area contributed by atoms with Crippen molar-refractivity contribution in [3.05, 3.63) is 12.2 Å². The zero-order chi connectivity index (χ0) is 13.1. The van der Waals surface area contributed by atoms with Crippen LogP contribution in [0.1, 0.15) is 39.5 Å². The highest BCUT2D eigenvalue weighted by Crippen LogP contribution is 2.55. The zero-order valence-electron chi connectivity index (χ0n) is 11.1. The Morgan fingerprint density at radius 3 is 2.83 bits per heavy atom. The van der Waals surface area contributed by atoms with Gasteiger partial charge in [-0.15, -0.1) is 0 Å². The maximum Gasteiger partial charge on any atom is 0.334 e. The molecule has 0 spiro atoms. The third kappa shape index (κ3) is 1.42. The zero-order valence-corrected chi connectivity index (χ0v) is 11.1. The second kappa shape index (κ2) is 3.69. The standard InChI is InChI=1S/C15H20O3/c1-8-6-12-10(9(2)14(17)18-12)7-15(3)11(8)4-5-13(15)16/h8,10-12H,2,4-7H2,1,3H3/t8-,10+,11-,12+,15+/m0/s1. The molecule has 3 aliphatic rings. The summed E-state index contributed by atoms with van der Waals surface area (Å²) >= 11 is 0. The molecular formula is C15H20O3. The van der Waals surface area contributed by atoms with E-state index >= 15 is 0 Å². The Labute approximate surface area is 108 Å². The Bertz CT molecular complexity index is 439. The minimum absolute atomic E-state index is 0.0461. The number of ether oxygens (including phenoxy) is 1. The van der Waals surface area contributed by atoms with E-state index in [1.165, 1.54) is 0 Å². The quantitative estimate of drug-likeness (QED) is 0.488. The van der Waals surface area contributed by atoms with Crippen LogP contribution in [-0.2, 0) is 14.3 Å². The van der Waals surface area contributed by atoms with Gasteiger partial charge in [0.25, 0.3) is 0 Å². The van der Waals surface area contributed by atoms with Gasteiger partial charge in [-0.2, -0.15) is 0 Å². The van der Waals surface area contributed by atoms with Crippen LogP contribution in [0.5, 0.6) is 0 Å². The van der Waals surface area contributed by atoms with E-state index in [0.717, 1.165) is 19.3 Å². The van der Waals surface area contributed by atoms with Crippen LogP contribution in [0.3, 0.4) is 0 Å². The normalized spacial score (nSPS) is 47.6. The van der Waals surface area contributed by atoms with E-state index in [-0.39, 0.29) is 23.4 Å². The fourth-order valence-corrected chi connectivity index (χ4v) is 4.40. The van der Waals surface area contributed by atoms with E-state index in [0.29, 0.717) is 29.6 Å². The van der Waals surface area contributed by atoms with Gasteiger partial charge in [0.05, 0.1) is 0 Å². The molecule has 0 unspecified atom stereocenters. The lowest BCUT2D eigenvalue weighted by Crippen LogP contribution is -2.32. The number of hydrogen-bond donors (Lipinski definition) is 0. The number of Topliss-reactive ketones (excluding diaryl/α,β-unsaturated/α-hetero) is 1. The van der Waals surface area contributed by atoms with Gasteiger partial charge in [-0.05, 0) is 31.1 Å². The van der Waals surface area contributed by atoms with Crippen molar-refractivity contribution in [2.75, 3.05) is 0 Å². The summed E-state index contributed by atoms with van der Waals surface area (Å²) in [6.07, 6.45) is 3.27. The van der Waals surface area contributed by atoms with E-state index in [1.807, 2.05) is 0 Å². The minimum atomic E-state index is -0.268. The molecule has 1 saturated heterocycles. The molecule has 5 atom stereocenters. The van der Waals surface area contributed by atoms with E-state index in [4.69, 9.17) is 4.74 Å². The lowest BCUT2D eigenvalue weighted by Gasteiger charge is -2.32. The number of esters is 1. The third-order valence-corrected chi connectivity index (χ3v) is 5.49. The van der Waals surface area contributed by atoms with Crippen molar-refractivity contribution in [2.45, 2.75) is 45.6 Å². The fraction of sp³-hybridized carbons (Fsp3) is 0.733. The summed E-state index contributed by atoms with van der Waals surface area (Å²) < 4.78 is 5.42.